The summed E-state index contributed by atoms with van der Waals surface area (Å²) in [5, 5.41) is 0.947. The number of rotatable bonds is 7. The molecule has 0 aliphatic carbocycles. The number of nitrogens with two attached hydrogens (primary N) is 2. The summed E-state index contributed by atoms with van der Waals surface area (Å²) in [5.41, 5.74) is 13.9. The average molecular weight is 418 g/mol. The first kappa shape index (κ1) is 20.0. The molecule has 2 aromatic carbocycles. The number of hydrogen-bond donors (Lipinski definition) is 2. The van der Waals surface area contributed by atoms with Gasteiger partial charge >= 0.3 is 0 Å². The quantitative estimate of drug-likeness (QED) is 0.664. The molecule has 0 spiro atoms. The van der Waals surface area contributed by atoms with Gasteiger partial charge in [0.05, 0.1) is 16.7 Å². The largest absolute Gasteiger partial charge is 0.493 e. The van der Waals surface area contributed by atoms with Gasteiger partial charge in [0.2, 0.25) is 11.9 Å². The summed E-state index contributed by atoms with van der Waals surface area (Å²) in [5.74, 6) is 1.14. The lowest BCUT2D eigenvalue weighted by Gasteiger charge is -2.33. The van der Waals surface area contributed by atoms with Crippen LogP contribution in [0.2, 0.25) is 10.0 Å². The van der Waals surface area contributed by atoms with Crippen LogP contribution in [-0.2, 0) is 0 Å². The predicted octanol–water partition coefficient (Wildman–Crippen LogP) is 4.05. The molecule has 6 nitrogen and oxygen atoms in total. The molecule has 146 valence electrons. The predicted molar refractivity (Wildman–Crippen MR) is 116 cm³/mol. The highest BCUT2D eigenvalue weighted by atomic mass is 35.5. The first-order valence-corrected chi connectivity index (χ1v) is 9.48. The molecule has 1 heterocycles. The standard InChI is InChI=1S/C20H21Cl2N5O/c1-2-13-6-3-4-7-15(13)18-25-19(23)26-20(24)27(18)10-5-11-28-14-8-9-16(21)17(22)12-14/h2-4,6-9,12,18H,1,5,10-11H2,(H4,23,24,25,26). The van der Waals surface area contributed by atoms with Crippen LogP contribution < -0.4 is 16.2 Å². The number of hydrogen-bond acceptors (Lipinski definition) is 6. The zero-order valence-corrected chi connectivity index (χ0v) is 16.7. The number of nitrogens with zero attached hydrogens (tertiary/aromatic N) is 3. The van der Waals surface area contributed by atoms with Gasteiger partial charge in [-0.25, -0.2) is 4.99 Å². The Morgan fingerprint density at radius 2 is 1.93 bits per heavy atom. The van der Waals surface area contributed by atoms with E-state index in [1.807, 2.05) is 29.2 Å². The topological polar surface area (TPSA) is 89.2 Å². The van der Waals surface area contributed by atoms with E-state index in [1.165, 1.54) is 0 Å². The summed E-state index contributed by atoms with van der Waals surface area (Å²) in [7, 11) is 0. The summed E-state index contributed by atoms with van der Waals surface area (Å²) < 4.78 is 5.75. The highest BCUT2D eigenvalue weighted by Crippen LogP contribution is 2.29. The maximum atomic E-state index is 6.13. The summed E-state index contributed by atoms with van der Waals surface area (Å²) in [4.78, 5) is 10.5. The van der Waals surface area contributed by atoms with Crippen molar-refractivity contribution in [2.24, 2.45) is 21.5 Å². The fourth-order valence-corrected chi connectivity index (χ4v) is 3.22. The highest BCUT2D eigenvalue weighted by Gasteiger charge is 2.26. The smallest absolute Gasteiger partial charge is 0.220 e. The van der Waals surface area contributed by atoms with Gasteiger partial charge in [-0.05, 0) is 24.1 Å². The Morgan fingerprint density at radius 3 is 2.68 bits per heavy atom. The van der Waals surface area contributed by atoms with Gasteiger partial charge in [-0.15, -0.1) is 0 Å². The Labute approximate surface area is 174 Å². The Morgan fingerprint density at radius 1 is 1.14 bits per heavy atom. The Bertz CT molecular complexity index is 929. The Balaban J connectivity index is 1.69. The van der Waals surface area contributed by atoms with E-state index in [-0.39, 0.29) is 12.1 Å². The van der Waals surface area contributed by atoms with Crippen LogP contribution in [0.5, 0.6) is 5.75 Å². The van der Waals surface area contributed by atoms with Crippen molar-refractivity contribution in [2.45, 2.75) is 12.6 Å². The molecule has 1 atom stereocenters. The summed E-state index contributed by atoms with van der Waals surface area (Å²) in [6, 6.07) is 13.0. The van der Waals surface area contributed by atoms with Crippen LogP contribution >= 0.6 is 23.2 Å². The average Bonchev–Trinajstić information content (AvgIpc) is 2.68. The molecule has 0 radical (unpaired) electrons. The molecule has 0 amide bonds. The fourth-order valence-electron chi connectivity index (χ4n) is 2.93. The van der Waals surface area contributed by atoms with E-state index in [0.717, 1.165) is 11.1 Å². The molecule has 0 saturated carbocycles. The SMILES string of the molecule is C=Cc1ccccc1C1N=C(N)N=C(N)N1CCCOc1ccc(Cl)c(Cl)c1. The Hall–Kier alpha value is -2.70. The van der Waals surface area contributed by atoms with Gasteiger partial charge in [-0.1, -0.05) is 60.1 Å². The third kappa shape index (κ3) is 4.58. The second kappa shape index (κ2) is 8.99. The molecule has 1 unspecified atom stereocenters. The van der Waals surface area contributed by atoms with Crippen molar-refractivity contribution in [3.8, 4) is 5.75 Å². The van der Waals surface area contributed by atoms with Gasteiger partial charge in [0.1, 0.15) is 5.75 Å². The normalized spacial score (nSPS) is 16.4. The van der Waals surface area contributed by atoms with Crippen LogP contribution in [-0.4, -0.2) is 30.0 Å². The zero-order chi connectivity index (χ0) is 20.1. The molecule has 28 heavy (non-hydrogen) atoms. The van der Waals surface area contributed by atoms with Crippen molar-refractivity contribution in [2.75, 3.05) is 13.2 Å². The first-order valence-electron chi connectivity index (χ1n) is 8.73. The van der Waals surface area contributed by atoms with Crippen LogP contribution in [0.25, 0.3) is 6.08 Å². The van der Waals surface area contributed by atoms with E-state index in [2.05, 4.69) is 16.6 Å². The van der Waals surface area contributed by atoms with Crippen molar-refractivity contribution in [3.05, 3.63) is 70.2 Å². The zero-order valence-electron chi connectivity index (χ0n) is 15.2. The van der Waals surface area contributed by atoms with Gasteiger partial charge < -0.3 is 21.1 Å². The Kier molecular flexibility index (Phi) is 6.44. The summed E-state index contributed by atoms with van der Waals surface area (Å²) in [6.07, 6.45) is 2.12. The van der Waals surface area contributed by atoms with Crippen LogP contribution in [0.1, 0.15) is 23.7 Å². The van der Waals surface area contributed by atoms with Gasteiger partial charge in [0, 0.05) is 18.2 Å². The number of guanidine groups is 2. The summed E-state index contributed by atoms with van der Waals surface area (Å²) >= 11 is 11.9. The lowest BCUT2D eigenvalue weighted by molar-refractivity contribution is 0.258. The molecule has 2 aromatic rings. The number of benzene rings is 2. The summed E-state index contributed by atoms with van der Waals surface area (Å²) in [6.45, 7) is 4.93. The molecule has 1 aliphatic rings. The van der Waals surface area contributed by atoms with Crippen molar-refractivity contribution in [1.82, 2.24) is 4.90 Å². The second-order valence-corrected chi connectivity index (χ2v) is 6.95. The van der Waals surface area contributed by atoms with Gasteiger partial charge in [0.15, 0.2) is 6.17 Å². The lowest BCUT2D eigenvalue weighted by atomic mass is 10.0. The lowest BCUT2D eigenvalue weighted by Crippen LogP contribution is -2.45. The minimum Gasteiger partial charge on any atom is -0.493 e. The molecule has 0 aromatic heterocycles. The third-order valence-electron chi connectivity index (χ3n) is 4.27. The van der Waals surface area contributed by atoms with Crippen LogP contribution in [0.4, 0.5) is 0 Å². The van der Waals surface area contributed by atoms with Crippen molar-refractivity contribution in [3.63, 3.8) is 0 Å². The maximum Gasteiger partial charge on any atom is 0.220 e. The molecule has 8 heteroatoms. The molecule has 0 fully saturated rings. The molecule has 0 saturated heterocycles. The number of aliphatic imine (C=N–C) groups is 2. The van der Waals surface area contributed by atoms with Gasteiger partial charge in [0.25, 0.3) is 0 Å². The van der Waals surface area contributed by atoms with Crippen LogP contribution in [0.3, 0.4) is 0 Å². The van der Waals surface area contributed by atoms with Crippen LogP contribution in [0.15, 0.2) is 59.0 Å². The monoisotopic (exact) mass is 417 g/mol. The fraction of sp³-hybridized carbons (Fsp3) is 0.200. The molecule has 1 aliphatic heterocycles. The van der Waals surface area contributed by atoms with E-state index in [0.29, 0.717) is 41.3 Å². The highest BCUT2D eigenvalue weighted by molar-refractivity contribution is 6.42. The van der Waals surface area contributed by atoms with E-state index in [9.17, 15) is 0 Å². The number of ether oxygens (including phenoxy) is 1. The van der Waals surface area contributed by atoms with Gasteiger partial charge in [-0.3, -0.25) is 0 Å². The maximum absolute atomic E-state index is 6.13. The third-order valence-corrected chi connectivity index (χ3v) is 5.01. The van der Waals surface area contributed by atoms with E-state index >= 15 is 0 Å². The van der Waals surface area contributed by atoms with E-state index in [4.69, 9.17) is 39.4 Å². The van der Waals surface area contributed by atoms with Crippen molar-refractivity contribution in [1.29, 1.82) is 0 Å². The van der Waals surface area contributed by atoms with E-state index in [1.54, 1.807) is 24.3 Å². The molecular formula is C20H21Cl2N5O. The molecular weight excluding hydrogens is 397 g/mol. The number of halogens is 2. The molecule has 3 rings (SSSR count). The molecule has 0 bridgehead atoms. The minimum atomic E-state index is -0.364. The minimum absolute atomic E-state index is 0.157. The van der Waals surface area contributed by atoms with Crippen molar-refractivity contribution >= 4 is 41.2 Å². The first-order chi connectivity index (χ1) is 13.5. The van der Waals surface area contributed by atoms with Gasteiger partial charge in [-0.2, -0.15) is 4.99 Å². The second-order valence-electron chi connectivity index (χ2n) is 6.14. The van der Waals surface area contributed by atoms with Crippen LogP contribution in [0, 0.1) is 0 Å². The van der Waals surface area contributed by atoms with E-state index < -0.39 is 0 Å². The molecule has 4 N–H and O–H groups in total. The van der Waals surface area contributed by atoms with Crippen molar-refractivity contribution < 1.29 is 4.74 Å².